The predicted octanol–water partition coefficient (Wildman–Crippen LogP) is 1.94. The van der Waals surface area contributed by atoms with Crippen molar-refractivity contribution in [3.05, 3.63) is 12.2 Å². The van der Waals surface area contributed by atoms with Crippen LogP contribution in [0.2, 0.25) is 0 Å². The van der Waals surface area contributed by atoms with E-state index in [2.05, 4.69) is 0 Å². The van der Waals surface area contributed by atoms with Crippen LogP contribution in [0.5, 0.6) is 0 Å². The highest BCUT2D eigenvalue weighted by Crippen LogP contribution is 2.20. The molecule has 1 aliphatic carbocycles. The molecule has 0 unspecified atom stereocenters. The molecule has 3 nitrogen and oxygen atoms in total. The Labute approximate surface area is 78.0 Å². The van der Waals surface area contributed by atoms with Crippen LogP contribution in [-0.2, 0) is 9.53 Å². The Morgan fingerprint density at radius 1 is 1.38 bits per heavy atom. The maximum Gasteiger partial charge on any atom is 0.331 e. The highest BCUT2D eigenvalue weighted by atomic mass is 16.5. The molecule has 1 saturated carbocycles. The normalized spacial score (nSPS) is 18.4. The van der Waals surface area contributed by atoms with Crippen molar-refractivity contribution in [2.45, 2.75) is 38.2 Å². The lowest BCUT2D eigenvalue weighted by Gasteiger charge is -2.20. The third-order valence-corrected chi connectivity index (χ3v) is 2.13. The first kappa shape index (κ1) is 9.79. The highest BCUT2D eigenvalue weighted by molar-refractivity contribution is 5.82. The molecule has 0 aromatic carbocycles. The number of carbonyl (C=O) groups is 1. The van der Waals surface area contributed by atoms with E-state index in [1.54, 1.807) is 6.07 Å². The third-order valence-electron chi connectivity index (χ3n) is 2.13. The van der Waals surface area contributed by atoms with Gasteiger partial charge in [-0.2, -0.15) is 5.26 Å². The zero-order valence-corrected chi connectivity index (χ0v) is 7.53. The molecule has 0 aromatic heterocycles. The fourth-order valence-electron chi connectivity index (χ4n) is 1.49. The number of hydrogen-bond donors (Lipinski definition) is 0. The van der Waals surface area contributed by atoms with Gasteiger partial charge in [-0.3, -0.25) is 0 Å². The molecule has 0 radical (unpaired) electrons. The molecule has 1 rings (SSSR count). The van der Waals surface area contributed by atoms with E-state index in [1.165, 1.54) is 12.5 Å². The minimum atomic E-state index is -0.395. The second kappa shape index (κ2) is 5.36. The molecule has 0 amide bonds. The van der Waals surface area contributed by atoms with E-state index in [9.17, 15) is 4.79 Å². The SMILES string of the molecule is N#CC=CC(=O)OC1CCCCC1. The number of ether oxygens (including phenoxy) is 1. The second-order valence-corrected chi connectivity index (χ2v) is 3.16. The first-order valence-corrected chi connectivity index (χ1v) is 4.59. The lowest BCUT2D eigenvalue weighted by atomic mass is 9.98. The minimum Gasteiger partial charge on any atom is -0.459 e. The predicted molar refractivity (Wildman–Crippen MR) is 47.7 cm³/mol. The lowest BCUT2D eigenvalue weighted by molar-refractivity contribution is -0.144. The van der Waals surface area contributed by atoms with Crippen molar-refractivity contribution >= 4 is 5.97 Å². The van der Waals surface area contributed by atoms with Gasteiger partial charge >= 0.3 is 5.97 Å². The Bertz CT molecular complexity index is 234. The van der Waals surface area contributed by atoms with Crippen LogP contribution in [0, 0.1) is 11.3 Å². The van der Waals surface area contributed by atoms with E-state index < -0.39 is 5.97 Å². The number of rotatable bonds is 2. The molecular formula is C10H13NO2. The van der Waals surface area contributed by atoms with Gasteiger partial charge in [0.15, 0.2) is 0 Å². The molecule has 0 atom stereocenters. The molecule has 1 aliphatic rings. The molecule has 70 valence electrons. The summed E-state index contributed by atoms with van der Waals surface area (Å²) in [5.74, 6) is -0.395. The van der Waals surface area contributed by atoms with Crippen LogP contribution in [0.3, 0.4) is 0 Å². The quantitative estimate of drug-likeness (QED) is 0.370. The summed E-state index contributed by atoms with van der Waals surface area (Å²) in [4.78, 5) is 11.0. The monoisotopic (exact) mass is 179 g/mol. The Hall–Kier alpha value is -1.30. The Balaban J connectivity index is 2.27. The maximum atomic E-state index is 11.0. The van der Waals surface area contributed by atoms with Crippen molar-refractivity contribution in [1.82, 2.24) is 0 Å². The largest absolute Gasteiger partial charge is 0.459 e. The molecule has 0 N–H and O–H groups in total. The van der Waals surface area contributed by atoms with Gasteiger partial charge in [-0.15, -0.1) is 0 Å². The van der Waals surface area contributed by atoms with Gasteiger partial charge < -0.3 is 4.74 Å². The van der Waals surface area contributed by atoms with Crippen LogP contribution in [-0.4, -0.2) is 12.1 Å². The van der Waals surface area contributed by atoms with E-state index in [-0.39, 0.29) is 6.10 Å². The summed E-state index contributed by atoms with van der Waals surface area (Å²) < 4.78 is 5.12. The molecule has 3 heteroatoms. The van der Waals surface area contributed by atoms with Crippen LogP contribution < -0.4 is 0 Å². The van der Waals surface area contributed by atoms with E-state index >= 15 is 0 Å². The van der Waals surface area contributed by atoms with E-state index in [0.717, 1.165) is 31.8 Å². The Morgan fingerprint density at radius 3 is 2.69 bits per heavy atom. The van der Waals surface area contributed by atoms with Crippen molar-refractivity contribution in [2.75, 3.05) is 0 Å². The van der Waals surface area contributed by atoms with Crippen molar-refractivity contribution in [3.8, 4) is 6.07 Å². The standard InChI is InChI=1S/C10H13NO2/c11-8-4-7-10(12)13-9-5-2-1-3-6-9/h4,7,9H,1-3,5-6H2. The second-order valence-electron chi connectivity index (χ2n) is 3.16. The molecule has 0 aromatic rings. The Kier molecular flexibility index (Phi) is 4.04. The average molecular weight is 179 g/mol. The fraction of sp³-hybridized carbons (Fsp3) is 0.600. The fourth-order valence-corrected chi connectivity index (χ4v) is 1.49. The zero-order valence-electron chi connectivity index (χ0n) is 7.53. The molecule has 13 heavy (non-hydrogen) atoms. The smallest absolute Gasteiger partial charge is 0.331 e. The number of carbonyl (C=O) groups excluding carboxylic acids is 1. The summed E-state index contributed by atoms with van der Waals surface area (Å²) in [6.07, 6.45) is 7.84. The molecule has 0 bridgehead atoms. The summed E-state index contributed by atoms with van der Waals surface area (Å²) in [6, 6.07) is 1.75. The van der Waals surface area contributed by atoms with Gasteiger partial charge in [-0.25, -0.2) is 4.79 Å². The summed E-state index contributed by atoms with van der Waals surface area (Å²) in [7, 11) is 0. The summed E-state index contributed by atoms with van der Waals surface area (Å²) >= 11 is 0. The maximum absolute atomic E-state index is 11.0. The molecular weight excluding hydrogens is 166 g/mol. The summed E-state index contributed by atoms with van der Waals surface area (Å²) in [6.45, 7) is 0. The molecule has 0 aliphatic heterocycles. The van der Waals surface area contributed by atoms with Gasteiger partial charge in [-0.05, 0) is 25.7 Å². The van der Waals surface area contributed by atoms with Gasteiger partial charge in [0, 0.05) is 12.2 Å². The number of hydrogen-bond acceptors (Lipinski definition) is 3. The third kappa shape index (κ3) is 3.75. The van der Waals surface area contributed by atoms with E-state index in [4.69, 9.17) is 10.00 Å². The number of allylic oxidation sites excluding steroid dienone is 1. The highest BCUT2D eigenvalue weighted by Gasteiger charge is 2.15. The van der Waals surface area contributed by atoms with Gasteiger partial charge in [0.1, 0.15) is 6.10 Å². The van der Waals surface area contributed by atoms with Gasteiger partial charge in [0.25, 0.3) is 0 Å². The molecule has 0 spiro atoms. The number of nitriles is 1. The number of nitrogens with zero attached hydrogens (tertiary/aromatic N) is 1. The van der Waals surface area contributed by atoms with E-state index in [0.29, 0.717) is 0 Å². The van der Waals surface area contributed by atoms with Crippen molar-refractivity contribution in [1.29, 1.82) is 5.26 Å². The van der Waals surface area contributed by atoms with Gasteiger partial charge in [0.05, 0.1) is 6.07 Å². The van der Waals surface area contributed by atoms with E-state index in [1.807, 2.05) is 0 Å². The Morgan fingerprint density at radius 2 is 2.08 bits per heavy atom. The van der Waals surface area contributed by atoms with Crippen LogP contribution in [0.25, 0.3) is 0 Å². The van der Waals surface area contributed by atoms with Gasteiger partial charge in [0.2, 0.25) is 0 Å². The first-order valence-electron chi connectivity index (χ1n) is 4.59. The minimum absolute atomic E-state index is 0.0737. The van der Waals surface area contributed by atoms with Gasteiger partial charge in [-0.1, -0.05) is 6.42 Å². The van der Waals surface area contributed by atoms with Crippen LogP contribution in [0.4, 0.5) is 0 Å². The van der Waals surface area contributed by atoms with Crippen molar-refractivity contribution in [2.24, 2.45) is 0 Å². The van der Waals surface area contributed by atoms with Crippen LogP contribution >= 0.6 is 0 Å². The first-order chi connectivity index (χ1) is 6.33. The topological polar surface area (TPSA) is 50.1 Å². The van der Waals surface area contributed by atoms with Crippen molar-refractivity contribution in [3.63, 3.8) is 0 Å². The molecule has 1 fully saturated rings. The lowest BCUT2D eigenvalue weighted by Crippen LogP contribution is -2.19. The zero-order chi connectivity index (χ0) is 9.52. The van der Waals surface area contributed by atoms with Crippen LogP contribution in [0.15, 0.2) is 12.2 Å². The molecule has 0 saturated heterocycles. The summed E-state index contributed by atoms with van der Waals surface area (Å²) in [5.41, 5.74) is 0. The average Bonchev–Trinajstić information content (AvgIpc) is 2.16. The van der Waals surface area contributed by atoms with Crippen LogP contribution in [0.1, 0.15) is 32.1 Å². The number of esters is 1. The van der Waals surface area contributed by atoms with Crippen molar-refractivity contribution < 1.29 is 9.53 Å². The molecule has 0 heterocycles. The summed E-state index contributed by atoms with van der Waals surface area (Å²) in [5, 5.41) is 8.18.